The monoisotopic (exact) mass is 344 g/mol. The molecule has 0 aliphatic rings. The van der Waals surface area contributed by atoms with Crippen molar-refractivity contribution < 1.29 is 13.6 Å². The maximum absolute atomic E-state index is 12.3. The summed E-state index contributed by atoms with van der Waals surface area (Å²) in [5, 5.41) is 0. The second kappa shape index (κ2) is 7.19. The quantitative estimate of drug-likeness (QED) is 0.520. The SMILES string of the molecule is O=C(Cc1cnc(-c2ccccc2)o1)Cc1cnc(-c2ccccc2)o1. The van der Waals surface area contributed by atoms with Crippen molar-refractivity contribution in [3.63, 3.8) is 0 Å². The summed E-state index contributed by atoms with van der Waals surface area (Å²) in [6.45, 7) is 0. The molecule has 26 heavy (non-hydrogen) atoms. The second-order valence-corrected chi connectivity index (χ2v) is 5.89. The average molecular weight is 344 g/mol. The molecule has 0 saturated carbocycles. The van der Waals surface area contributed by atoms with Crippen LogP contribution in [0.2, 0.25) is 0 Å². The standard InChI is InChI=1S/C21H16N2O3/c24-17(11-18-13-22-20(25-18)15-7-3-1-4-8-15)12-19-14-23-21(26-19)16-9-5-2-6-10-16/h1-10,13-14H,11-12H2. The van der Waals surface area contributed by atoms with Crippen molar-refractivity contribution in [3.8, 4) is 22.9 Å². The fourth-order valence-electron chi connectivity index (χ4n) is 2.66. The maximum atomic E-state index is 12.3. The molecule has 4 rings (SSSR count). The van der Waals surface area contributed by atoms with Gasteiger partial charge in [0.25, 0.3) is 0 Å². The van der Waals surface area contributed by atoms with Crippen LogP contribution in [-0.4, -0.2) is 15.8 Å². The molecule has 2 heterocycles. The Bertz CT molecular complexity index is 922. The third kappa shape index (κ3) is 3.62. The van der Waals surface area contributed by atoms with E-state index in [9.17, 15) is 4.79 Å². The molecule has 0 bridgehead atoms. The summed E-state index contributed by atoms with van der Waals surface area (Å²) in [5.74, 6) is 2.09. The van der Waals surface area contributed by atoms with Gasteiger partial charge < -0.3 is 8.83 Å². The van der Waals surface area contributed by atoms with Gasteiger partial charge in [0.05, 0.1) is 25.2 Å². The van der Waals surface area contributed by atoms with Crippen LogP contribution in [0.5, 0.6) is 0 Å². The lowest BCUT2D eigenvalue weighted by Gasteiger charge is -1.97. The lowest BCUT2D eigenvalue weighted by atomic mass is 10.1. The van der Waals surface area contributed by atoms with Crippen LogP contribution in [0.25, 0.3) is 22.9 Å². The molecule has 0 aliphatic carbocycles. The zero-order valence-corrected chi connectivity index (χ0v) is 14.0. The molecule has 0 aliphatic heterocycles. The Kier molecular flexibility index (Phi) is 4.43. The van der Waals surface area contributed by atoms with Crippen LogP contribution in [0.4, 0.5) is 0 Å². The number of hydrogen-bond acceptors (Lipinski definition) is 5. The van der Waals surface area contributed by atoms with Gasteiger partial charge in [-0.15, -0.1) is 0 Å². The van der Waals surface area contributed by atoms with Crippen molar-refractivity contribution in [3.05, 3.63) is 84.6 Å². The first kappa shape index (κ1) is 16.0. The number of benzene rings is 2. The molecule has 0 spiro atoms. The number of nitrogens with zero attached hydrogens (tertiary/aromatic N) is 2. The highest BCUT2D eigenvalue weighted by molar-refractivity contribution is 5.82. The van der Waals surface area contributed by atoms with Gasteiger partial charge in [0, 0.05) is 11.1 Å². The molecule has 0 N–H and O–H groups in total. The van der Waals surface area contributed by atoms with Gasteiger partial charge in [0.1, 0.15) is 17.3 Å². The normalized spacial score (nSPS) is 10.8. The zero-order chi connectivity index (χ0) is 17.8. The fraction of sp³-hybridized carbons (Fsp3) is 0.0952. The van der Waals surface area contributed by atoms with Gasteiger partial charge in [-0.05, 0) is 24.3 Å². The smallest absolute Gasteiger partial charge is 0.226 e. The first-order valence-corrected chi connectivity index (χ1v) is 8.30. The number of aromatic nitrogens is 2. The van der Waals surface area contributed by atoms with Crippen molar-refractivity contribution >= 4 is 5.78 Å². The van der Waals surface area contributed by atoms with Crippen LogP contribution in [0, 0.1) is 0 Å². The van der Waals surface area contributed by atoms with E-state index in [2.05, 4.69) is 9.97 Å². The Morgan fingerprint density at radius 3 is 1.54 bits per heavy atom. The van der Waals surface area contributed by atoms with Gasteiger partial charge in [-0.25, -0.2) is 9.97 Å². The minimum absolute atomic E-state index is 0.0171. The Labute approximate surface area is 150 Å². The molecule has 2 aromatic heterocycles. The number of carbonyl (C=O) groups excluding carboxylic acids is 1. The van der Waals surface area contributed by atoms with E-state index in [4.69, 9.17) is 8.83 Å². The largest absolute Gasteiger partial charge is 0.441 e. The van der Waals surface area contributed by atoms with Gasteiger partial charge in [0.15, 0.2) is 0 Å². The first-order valence-electron chi connectivity index (χ1n) is 8.30. The zero-order valence-electron chi connectivity index (χ0n) is 14.0. The number of rotatable bonds is 6. The average Bonchev–Trinajstić information content (AvgIpc) is 3.33. The van der Waals surface area contributed by atoms with Crippen LogP contribution in [0.3, 0.4) is 0 Å². The Morgan fingerprint density at radius 2 is 1.12 bits per heavy atom. The minimum atomic E-state index is -0.0171. The second-order valence-electron chi connectivity index (χ2n) is 5.89. The predicted octanol–water partition coefficient (Wildman–Crippen LogP) is 4.35. The highest BCUT2D eigenvalue weighted by Crippen LogP contribution is 2.21. The molecule has 0 radical (unpaired) electrons. The topological polar surface area (TPSA) is 69.1 Å². The Balaban J connectivity index is 1.40. The van der Waals surface area contributed by atoms with Crippen molar-refractivity contribution in [2.24, 2.45) is 0 Å². The highest BCUT2D eigenvalue weighted by atomic mass is 16.4. The molecule has 128 valence electrons. The summed E-state index contributed by atoms with van der Waals surface area (Å²) < 4.78 is 11.3. The van der Waals surface area contributed by atoms with E-state index in [0.717, 1.165) is 11.1 Å². The fourth-order valence-corrected chi connectivity index (χ4v) is 2.66. The molecule has 5 heteroatoms. The highest BCUT2D eigenvalue weighted by Gasteiger charge is 2.14. The molecule has 0 amide bonds. The maximum Gasteiger partial charge on any atom is 0.226 e. The lowest BCUT2D eigenvalue weighted by Crippen LogP contribution is -2.05. The van der Waals surface area contributed by atoms with Gasteiger partial charge >= 0.3 is 0 Å². The van der Waals surface area contributed by atoms with Gasteiger partial charge in [0.2, 0.25) is 11.8 Å². The Hall–Kier alpha value is -3.47. The molecule has 0 fully saturated rings. The molecule has 4 aromatic rings. The Morgan fingerprint density at radius 1 is 0.692 bits per heavy atom. The first-order chi connectivity index (χ1) is 12.8. The summed E-state index contributed by atoms with van der Waals surface area (Å²) in [7, 11) is 0. The molecule has 0 saturated heterocycles. The summed E-state index contributed by atoms with van der Waals surface area (Å²) in [6.07, 6.45) is 3.52. The minimum Gasteiger partial charge on any atom is -0.441 e. The molecule has 5 nitrogen and oxygen atoms in total. The van der Waals surface area contributed by atoms with Gasteiger partial charge in [-0.1, -0.05) is 36.4 Å². The molecule has 2 aromatic carbocycles. The van der Waals surface area contributed by atoms with Crippen LogP contribution in [-0.2, 0) is 17.6 Å². The molecule has 0 atom stereocenters. The molecular formula is C21H16N2O3. The van der Waals surface area contributed by atoms with E-state index < -0.39 is 0 Å². The number of Topliss-reactive ketones (excluding diaryl/α,β-unsaturated/α-hetero) is 1. The van der Waals surface area contributed by atoms with Crippen molar-refractivity contribution in [2.75, 3.05) is 0 Å². The van der Waals surface area contributed by atoms with Crippen molar-refractivity contribution in [1.82, 2.24) is 9.97 Å². The number of oxazole rings is 2. The van der Waals surface area contributed by atoms with Crippen LogP contribution in [0.1, 0.15) is 11.5 Å². The molecular weight excluding hydrogens is 328 g/mol. The van der Waals surface area contributed by atoms with Gasteiger partial charge in [-0.2, -0.15) is 0 Å². The molecule has 0 unspecified atom stereocenters. The number of hydrogen-bond donors (Lipinski definition) is 0. The van der Waals surface area contributed by atoms with Crippen LogP contribution < -0.4 is 0 Å². The van der Waals surface area contributed by atoms with Crippen LogP contribution in [0.15, 0.2) is 81.9 Å². The van der Waals surface area contributed by atoms with Crippen molar-refractivity contribution in [2.45, 2.75) is 12.8 Å². The summed E-state index contributed by atoms with van der Waals surface area (Å²) in [6, 6.07) is 19.2. The third-order valence-corrected chi connectivity index (χ3v) is 3.89. The van der Waals surface area contributed by atoms with E-state index in [-0.39, 0.29) is 18.6 Å². The van der Waals surface area contributed by atoms with Gasteiger partial charge in [-0.3, -0.25) is 4.79 Å². The third-order valence-electron chi connectivity index (χ3n) is 3.89. The number of ketones is 1. The number of carbonyl (C=O) groups is 1. The van der Waals surface area contributed by atoms with E-state index in [1.165, 1.54) is 0 Å². The summed E-state index contributed by atoms with van der Waals surface area (Å²) in [4.78, 5) is 20.8. The van der Waals surface area contributed by atoms with E-state index >= 15 is 0 Å². The summed E-state index contributed by atoms with van der Waals surface area (Å²) >= 11 is 0. The van der Waals surface area contributed by atoms with E-state index in [0.29, 0.717) is 23.3 Å². The van der Waals surface area contributed by atoms with Crippen LogP contribution >= 0.6 is 0 Å². The predicted molar refractivity (Wildman–Crippen MR) is 96.3 cm³/mol. The lowest BCUT2D eigenvalue weighted by molar-refractivity contribution is -0.118. The van der Waals surface area contributed by atoms with E-state index in [1.807, 2.05) is 60.7 Å². The van der Waals surface area contributed by atoms with E-state index in [1.54, 1.807) is 12.4 Å². The summed E-state index contributed by atoms with van der Waals surface area (Å²) in [5.41, 5.74) is 1.77. The van der Waals surface area contributed by atoms with Crippen molar-refractivity contribution in [1.29, 1.82) is 0 Å².